The summed E-state index contributed by atoms with van der Waals surface area (Å²) in [5.41, 5.74) is 7.90. The highest BCUT2D eigenvalue weighted by Crippen LogP contribution is 2.19. The molecule has 2 N–H and O–H groups in total. The van der Waals surface area contributed by atoms with Crippen LogP contribution < -0.4 is 15.4 Å². The second-order valence-corrected chi connectivity index (χ2v) is 4.54. The molecule has 0 aliphatic rings. The van der Waals surface area contributed by atoms with Gasteiger partial charge in [0.2, 0.25) is 5.88 Å². The summed E-state index contributed by atoms with van der Waals surface area (Å²) in [6, 6.07) is 7.88. The maximum Gasteiger partial charge on any atom is 0.233 e. The summed E-state index contributed by atoms with van der Waals surface area (Å²) >= 11 is 0. The average Bonchev–Trinajstić information content (AvgIpc) is 2.49. The van der Waals surface area contributed by atoms with Gasteiger partial charge in [-0.1, -0.05) is 25.1 Å². The maximum atomic E-state index is 6.01. The summed E-state index contributed by atoms with van der Waals surface area (Å²) in [5.74, 6) is 1.32. The van der Waals surface area contributed by atoms with Crippen molar-refractivity contribution in [2.45, 2.75) is 19.9 Å². The minimum Gasteiger partial charge on any atom is -0.480 e. The minimum atomic E-state index is 0.518. The van der Waals surface area contributed by atoms with Crippen LogP contribution in [0.5, 0.6) is 5.88 Å². The molecule has 0 aliphatic carbocycles. The topological polar surface area (TPSA) is 64.3 Å². The summed E-state index contributed by atoms with van der Waals surface area (Å²) in [5, 5.41) is 0. The quantitative estimate of drug-likeness (QED) is 0.818. The molecule has 1 aromatic heterocycles. The van der Waals surface area contributed by atoms with Gasteiger partial charge in [-0.15, -0.1) is 0 Å². The molecule has 0 amide bonds. The van der Waals surface area contributed by atoms with Crippen molar-refractivity contribution in [2.24, 2.45) is 0 Å². The van der Waals surface area contributed by atoms with E-state index in [-0.39, 0.29) is 0 Å². The lowest BCUT2D eigenvalue weighted by molar-refractivity contribution is 0.395. The Labute approximate surface area is 119 Å². The Balaban J connectivity index is 2.24. The first kappa shape index (κ1) is 14.1. The molecule has 0 radical (unpaired) electrons. The Hall–Kier alpha value is -2.30. The summed E-state index contributed by atoms with van der Waals surface area (Å²) < 4.78 is 5.13. The second kappa shape index (κ2) is 6.75. The number of para-hydroxylation sites is 1. The number of rotatable bonds is 6. The van der Waals surface area contributed by atoms with Crippen molar-refractivity contribution in [3.05, 3.63) is 42.2 Å². The molecule has 0 aliphatic heterocycles. The zero-order valence-electron chi connectivity index (χ0n) is 11.9. The SMILES string of the molecule is CCCN(Cc1ccccc1N)c1cncc(OC)n1. The molecule has 5 heteroatoms. The van der Waals surface area contributed by atoms with E-state index in [9.17, 15) is 0 Å². The monoisotopic (exact) mass is 272 g/mol. The number of hydrogen-bond donors (Lipinski definition) is 1. The fraction of sp³-hybridized carbons (Fsp3) is 0.333. The zero-order chi connectivity index (χ0) is 14.4. The van der Waals surface area contributed by atoms with Crippen molar-refractivity contribution in [3.63, 3.8) is 0 Å². The number of ether oxygens (including phenoxy) is 1. The number of nitrogen functional groups attached to an aromatic ring is 1. The minimum absolute atomic E-state index is 0.518. The van der Waals surface area contributed by atoms with Gasteiger partial charge < -0.3 is 15.4 Å². The van der Waals surface area contributed by atoms with Gasteiger partial charge in [0.15, 0.2) is 5.82 Å². The van der Waals surface area contributed by atoms with Crippen LogP contribution in [0.3, 0.4) is 0 Å². The first-order valence-electron chi connectivity index (χ1n) is 6.69. The molecule has 0 saturated carbocycles. The maximum absolute atomic E-state index is 6.01. The van der Waals surface area contributed by atoms with Crippen LogP contribution in [-0.2, 0) is 6.54 Å². The van der Waals surface area contributed by atoms with Crippen molar-refractivity contribution in [1.29, 1.82) is 0 Å². The molecule has 20 heavy (non-hydrogen) atoms. The molecule has 0 spiro atoms. The summed E-state index contributed by atoms with van der Waals surface area (Å²) in [6.45, 7) is 3.73. The summed E-state index contributed by atoms with van der Waals surface area (Å²) in [4.78, 5) is 10.8. The van der Waals surface area contributed by atoms with Crippen LogP contribution in [0.1, 0.15) is 18.9 Å². The highest BCUT2D eigenvalue weighted by Gasteiger charge is 2.11. The third-order valence-electron chi connectivity index (χ3n) is 3.04. The third kappa shape index (κ3) is 3.38. The van der Waals surface area contributed by atoms with Crippen LogP contribution in [0.15, 0.2) is 36.7 Å². The van der Waals surface area contributed by atoms with Crippen LogP contribution in [0.4, 0.5) is 11.5 Å². The normalized spacial score (nSPS) is 10.3. The van der Waals surface area contributed by atoms with Gasteiger partial charge in [0, 0.05) is 18.8 Å². The Bertz CT molecular complexity index is 559. The second-order valence-electron chi connectivity index (χ2n) is 4.54. The number of aromatic nitrogens is 2. The molecule has 2 rings (SSSR count). The van der Waals surface area contributed by atoms with E-state index in [2.05, 4.69) is 21.8 Å². The van der Waals surface area contributed by atoms with Crippen LogP contribution in [0, 0.1) is 0 Å². The molecule has 0 saturated heterocycles. The van der Waals surface area contributed by atoms with Crippen molar-refractivity contribution in [2.75, 3.05) is 24.3 Å². The Kier molecular flexibility index (Phi) is 4.76. The molecule has 0 atom stereocenters. The van der Waals surface area contributed by atoms with Crippen LogP contribution >= 0.6 is 0 Å². The van der Waals surface area contributed by atoms with E-state index in [1.165, 1.54) is 0 Å². The van der Waals surface area contributed by atoms with Gasteiger partial charge >= 0.3 is 0 Å². The molecule has 1 aromatic carbocycles. The largest absolute Gasteiger partial charge is 0.480 e. The fourth-order valence-electron chi connectivity index (χ4n) is 2.02. The molecule has 1 heterocycles. The van der Waals surface area contributed by atoms with E-state index in [1.807, 2.05) is 24.3 Å². The number of anilines is 2. The van der Waals surface area contributed by atoms with Crippen molar-refractivity contribution >= 4 is 11.5 Å². The van der Waals surface area contributed by atoms with E-state index in [0.717, 1.165) is 30.0 Å². The van der Waals surface area contributed by atoms with Gasteiger partial charge in [0.05, 0.1) is 19.5 Å². The molecule has 2 aromatic rings. The highest BCUT2D eigenvalue weighted by molar-refractivity contribution is 5.49. The standard InChI is InChI=1S/C15H20N4O/c1-3-8-19(11-12-6-4-5-7-13(12)16)14-9-17-10-15(18-14)20-2/h4-7,9-10H,3,8,11,16H2,1-2H3. The van der Waals surface area contributed by atoms with Crippen LogP contribution in [0.25, 0.3) is 0 Å². The van der Waals surface area contributed by atoms with Gasteiger partial charge in [-0.3, -0.25) is 4.98 Å². The van der Waals surface area contributed by atoms with Gasteiger partial charge in [-0.2, -0.15) is 4.98 Å². The van der Waals surface area contributed by atoms with Crippen molar-refractivity contribution in [1.82, 2.24) is 9.97 Å². The number of nitrogens with zero attached hydrogens (tertiary/aromatic N) is 3. The van der Waals surface area contributed by atoms with E-state index in [1.54, 1.807) is 19.5 Å². The molecule has 0 fully saturated rings. The van der Waals surface area contributed by atoms with E-state index in [0.29, 0.717) is 12.4 Å². The van der Waals surface area contributed by atoms with E-state index >= 15 is 0 Å². The predicted octanol–water partition coefficient (Wildman–Crippen LogP) is 2.48. The lowest BCUT2D eigenvalue weighted by Crippen LogP contribution is -2.25. The number of hydrogen-bond acceptors (Lipinski definition) is 5. The number of benzene rings is 1. The number of methoxy groups -OCH3 is 1. The Morgan fingerprint density at radius 2 is 2.05 bits per heavy atom. The van der Waals surface area contributed by atoms with Crippen LogP contribution in [-0.4, -0.2) is 23.6 Å². The van der Waals surface area contributed by atoms with Gasteiger partial charge in [-0.25, -0.2) is 0 Å². The first-order valence-corrected chi connectivity index (χ1v) is 6.69. The summed E-state index contributed by atoms with van der Waals surface area (Å²) in [7, 11) is 1.59. The molecule has 5 nitrogen and oxygen atoms in total. The van der Waals surface area contributed by atoms with E-state index in [4.69, 9.17) is 10.5 Å². The third-order valence-corrected chi connectivity index (χ3v) is 3.04. The van der Waals surface area contributed by atoms with Gasteiger partial charge in [-0.05, 0) is 18.1 Å². The number of nitrogens with two attached hydrogens (primary N) is 1. The average molecular weight is 272 g/mol. The molecule has 106 valence electrons. The smallest absolute Gasteiger partial charge is 0.233 e. The first-order chi connectivity index (χ1) is 9.74. The molecular weight excluding hydrogens is 252 g/mol. The Morgan fingerprint density at radius 1 is 1.25 bits per heavy atom. The zero-order valence-corrected chi connectivity index (χ0v) is 11.9. The van der Waals surface area contributed by atoms with E-state index < -0.39 is 0 Å². The van der Waals surface area contributed by atoms with Gasteiger partial charge in [0.25, 0.3) is 0 Å². The molecule has 0 bridgehead atoms. The highest BCUT2D eigenvalue weighted by atomic mass is 16.5. The van der Waals surface area contributed by atoms with Crippen molar-refractivity contribution < 1.29 is 4.74 Å². The van der Waals surface area contributed by atoms with Crippen LogP contribution in [0.2, 0.25) is 0 Å². The summed E-state index contributed by atoms with van der Waals surface area (Å²) in [6.07, 6.45) is 4.37. The van der Waals surface area contributed by atoms with Gasteiger partial charge in [0.1, 0.15) is 0 Å². The van der Waals surface area contributed by atoms with Crippen molar-refractivity contribution in [3.8, 4) is 5.88 Å². The Morgan fingerprint density at radius 3 is 2.75 bits per heavy atom. The predicted molar refractivity (Wildman–Crippen MR) is 80.8 cm³/mol. The lowest BCUT2D eigenvalue weighted by Gasteiger charge is -2.23. The lowest BCUT2D eigenvalue weighted by atomic mass is 10.1. The molecule has 0 unspecified atom stereocenters. The fourth-order valence-corrected chi connectivity index (χ4v) is 2.02. The molecular formula is C15H20N4O.